The van der Waals surface area contributed by atoms with Crippen molar-refractivity contribution in [3.05, 3.63) is 47.8 Å². The van der Waals surface area contributed by atoms with Gasteiger partial charge in [0.15, 0.2) is 17.5 Å². The highest BCUT2D eigenvalue weighted by molar-refractivity contribution is 5.96. The summed E-state index contributed by atoms with van der Waals surface area (Å²) in [6, 6.07) is 3.34. The summed E-state index contributed by atoms with van der Waals surface area (Å²) in [5.74, 6) is -1.36. The third-order valence-electron chi connectivity index (χ3n) is 7.08. The van der Waals surface area contributed by atoms with Crippen molar-refractivity contribution in [3.8, 4) is 11.4 Å². The van der Waals surface area contributed by atoms with Crippen molar-refractivity contribution >= 4 is 17.4 Å². The van der Waals surface area contributed by atoms with Gasteiger partial charge in [-0.15, -0.1) is 0 Å². The third-order valence-corrected chi connectivity index (χ3v) is 7.08. The third kappa shape index (κ3) is 3.43. The largest absolute Gasteiger partial charge is 0.361 e. The van der Waals surface area contributed by atoms with Gasteiger partial charge >= 0.3 is 0 Å². The van der Waals surface area contributed by atoms with Crippen molar-refractivity contribution in [1.29, 1.82) is 0 Å². The van der Waals surface area contributed by atoms with Crippen molar-refractivity contribution in [2.24, 2.45) is 5.92 Å². The zero-order valence-corrected chi connectivity index (χ0v) is 17.7. The molecule has 2 atom stereocenters. The lowest BCUT2D eigenvalue weighted by Crippen LogP contribution is -2.68. The van der Waals surface area contributed by atoms with E-state index in [2.05, 4.69) is 25.9 Å². The lowest BCUT2D eigenvalue weighted by atomic mass is 9.50. The number of anilines is 1. The van der Waals surface area contributed by atoms with Gasteiger partial charge in [-0.05, 0) is 50.3 Å². The second kappa shape index (κ2) is 7.44. The molecule has 4 aliphatic rings. The number of amides is 1. The number of fused-ring (bicyclic) bond motifs is 1. The Morgan fingerprint density at radius 2 is 2.03 bits per heavy atom. The van der Waals surface area contributed by atoms with E-state index in [9.17, 15) is 18.0 Å². The van der Waals surface area contributed by atoms with E-state index in [1.54, 1.807) is 22.7 Å². The Hall–Kier alpha value is -3.14. The standard InChI is InChI=1S/C23H23F3N6O/c24-14-1-3-27-10-17(14)29-21-16(26)6-15(25)20(30-21)18-11-28-19-5-13(2-4-32(18)19)22(33)31-23-7-12(8-23)9-23/h2,4-6,11-12,14,17,27H,1,3,7-10H2,(H,29,30)(H,31,33)/t12?,14-,17-,23?/m1/s1. The number of nitrogens with zero attached hydrogens (tertiary/aromatic N) is 3. The van der Waals surface area contributed by atoms with Gasteiger partial charge in [0.05, 0.1) is 17.9 Å². The van der Waals surface area contributed by atoms with Crippen molar-refractivity contribution in [1.82, 2.24) is 25.0 Å². The minimum atomic E-state index is -1.16. The highest BCUT2D eigenvalue weighted by Crippen LogP contribution is 2.57. The summed E-state index contributed by atoms with van der Waals surface area (Å²) in [6.45, 7) is 0.866. The summed E-state index contributed by atoms with van der Waals surface area (Å²) >= 11 is 0. The van der Waals surface area contributed by atoms with Crippen molar-refractivity contribution in [3.63, 3.8) is 0 Å². The first-order valence-electron chi connectivity index (χ1n) is 11.2. The number of imidazole rings is 1. The number of carbonyl (C=O) groups is 1. The van der Waals surface area contributed by atoms with E-state index in [1.165, 1.54) is 6.20 Å². The Labute approximate surface area is 187 Å². The molecule has 4 heterocycles. The zero-order valence-electron chi connectivity index (χ0n) is 17.7. The molecule has 2 bridgehead atoms. The minimum Gasteiger partial charge on any atom is -0.361 e. The highest BCUT2D eigenvalue weighted by Gasteiger charge is 2.57. The van der Waals surface area contributed by atoms with Crippen molar-refractivity contribution < 1.29 is 18.0 Å². The molecule has 172 valence electrons. The fourth-order valence-corrected chi connectivity index (χ4v) is 5.13. The Kier molecular flexibility index (Phi) is 4.62. The van der Waals surface area contributed by atoms with Crippen LogP contribution in [0.15, 0.2) is 30.6 Å². The Morgan fingerprint density at radius 1 is 1.21 bits per heavy atom. The molecular formula is C23H23F3N6O. The highest BCUT2D eigenvalue weighted by atomic mass is 19.1. The number of halogens is 3. The molecule has 3 saturated carbocycles. The Bertz CT molecular complexity index is 1240. The van der Waals surface area contributed by atoms with Gasteiger partial charge < -0.3 is 16.0 Å². The molecule has 3 aliphatic carbocycles. The fraction of sp³-hybridized carbons (Fsp3) is 0.435. The monoisotopic (exact) mass is 456 g/mol. The summed E-state index contributed by atoms with van der Waals surface area (Å²) in [6.07, 6.45) is 5.31. The minimum absolute atomic E-state index is 0.0362. The van der Waals surface area contributed by atoms with E-state index >= 15 is 0 Å². The molecule has 0 unspecified atom stereocenters. The van der Waals surface area contributed by atoms with Crippen LogP contribution in [-0.4, -0.2) is 51.1 Å². The number of piperidine rings is 1. The SMILES string of the molecule is O=C(NC12CC(C1)C2)c1ccn2c(-c3nc(N[C@@H]4CNCC[C@H]4F)c(F)cc3F)cnc2c1. The van der Waals surface area contributed by atoms with Gasteiger partial charge in [-0.25, -0.2) is 23.1 Å². The molecule has 1 saturated heterocycles. The van der Waals surface area contributed by atoms with Crippen LogP contribution in [0, 0.1) is 17.6 Å². The maximum absolute atomic E-state index is 14.7. The van der Waals surface area contributed by atoms with Gasteiger partial charge in [-0.3, -0.25) is 9.20 Å². The van der Waals surface area contributed by atoms with Crippen LogP contribution in [0.3, 0.4) is 0 Å². The second-order valence-electron chi connectivity index (χ2n) is 9.41. The summed E-state index contributed by atoms with van der Waals surface area (Å²) in [5.41, 5.74) is 1.06. The first kappa shape index (κ1) is 20.5. The van der Waals surface area contributed by atoms with Gasteiger partial charge in [-0.1, -0.05) is 0 Å². The second-order valence-corrected chi connectivity index (χ2v) is 9.41. The van der Waals surface area contributed by atoms with E-state index in [0.29, 0.717) is 36.4 Å². The van der Waals surface area contributed by atoms with Crippen LogP contribution >= 0.6 is 0 Å². The Balaban J connectivity index is 1.29. The van der Waals surface area contributed by atoms with Crippen LogP contribution in [0.2, 0.25) is 0 Å². The van der Waals surface area contributed by atoms with Gasteiger partial charge in [0.1, 0.15) is 17.5 Å². The molecule has 0 radical (unpaired) electrons. The van der Waals surface area contributed by atoms with Crippen LogP contribution < -0.4 is 16.0 Å². The summed E-state index contributed by atoms with van der Waals surface area (Å²) in [7, 11) is 0. The van der Waals surface area contributed by atoms with E-state index in [0.717, 1.165) is 31.2 Å². The first-order valence-corrected chi connectivity index (χ1v) is 11.2. The number of carbonyl (C=O) groups excluding carboxylic acids is 1. The molecule has 1 amide bonds. The van der Waals surface area contributed by atoms with Gasteiger partial charge in [0, 0.05) is 29.9 Å². The van der Waals surface area contributed by atoms with Crippen LogP contribution in [-0.2, 0) is 0 Å². The number of hydrogen-bond acceptors (Lipinski definition) is 5. The average Bonchev–Trinajstić information content (AvgIpc) is 3.16. The maximum Gasteiger partial charge on any atom is 0.251 e. The molecule has 7 nitrogen and oxygen atoms in total. The predicted octanol–water partition coefficient (Wildman–Crippen LogP) is 3.07. The fourth-order valence-electron chi connectivity index (χ4n) is 5.13. The van der Waals surface area contributed by atoms with Crippen LogP contribution in [0.25, 0.3) is 17.0 Å². The number of pyridine rings is 2. The number of aromatic nitrogens is 3. The lowest BCUT2D eigenvalue weighted by Gasteiger charge is -2.61. The quantitative estimate of drug-likeness (QED) is 0.550. The van der Waals surface area contributed by atoms with Crippen molar-refractivity contribution in [2.45, 2.75) is 43.4 Å². The smallest absolute Gasteiger partial charge is 0.251 e. The van der Waals surface area contributed by atoms with Crippen LogP contribution in [0.1, 0.15) is 36.0 Å². The summed E-state index contributed by atoms with van der Waals surface area (Å²) in [5, 5.41) is 8.92. The van der Waals surface area contributed by atoms with E-state index in [1.807, 2.05) is 0 Å². The molecule has 33 heavy (non-hydrogen) atoms. The van der Waals surface area contributed by atoms with E-state index in [4.69, 9.17) is 0 Å². The predicted molar refractivity (Wildman–Crippen MR) is 116 cm³/mol. The number of nitrogens with one attached hydrogen (secondary N) is 3. The molecule has 7 rings (SSSR count). The summed E-state index contributed by atoms with van der Waals surface area (Å²) < 4.78 is 44.9. The summed E-state index contributed by atoms with van der Waals surface area (Å²) in [4.78, 5) is 21.1. The molecule has 3 N–H and O–H groups in total. The molecule has 0 aromatic carbocycles. The van der Waals surface area contributed by atoms with E-state index < -0.39 is 23.8 Å². The van der Waals surface area contributed by atoms with Crippen LogP contribution in [0.5, 0.6) is 0 Å². The molecule has 4 fully saturated rings. The number of alkyl halides is 1. The molecule has 0 spiro atoms. The first-order chi connectivity index (χ1) is 15.9. The van der Waals surface area contributed by atoms with Gasteiger partial charge in [0.25, 0.3) is 5.91 Å². The molecule has 10 heteroatoms. The Morgan fingerprint density at radius 3 is 2.76 bits per heavy atom. The maximum atomic E-state index is 14.7. The molecule has 3 aromatic heterocycles. The number of hydrogen-bond donors (Lipinski definition) is 3. The molecule has 3 aromatic rings. The molecular weight excluding hydrogens is 433 g/mol. The van der Waals surface area contributed by atoms with Gasteiger partial charge in [-0.2, -0.15) is 0 Å². The van der Waals surface area contributed by atoms with Gasteiger partial charge in [0.2, 0.25) is 0 Å². The average molecular weight is 456 g/mol. The normalized spacial score (nSPS) is 28.2. The molecule has 1 aliphatic heterocycles. The lowest BCUT2D eigenvalue weighted by molar-refractivity contribution is -0.0438. The topological polar surface area (TPSA) is 83.4 Å². The van der Waals surface area contributed by atoms with Crippen LogP contribution in [0.4, 0.5) is 19.0 Å². The number of rotatable bonds is 5. The van der Waals surface area contributed by atoms with E-state index in [-0.39, 0.29) is 23.0 Å². The zero-order chi connectivity index (χ0) is 22.7. The van der Waals surface area contributed by atoms with Crippen molar-refractivity contribution in [2.75, 3.05) is 18.4 Å².